The molecule has 0 radical (unpaired) electrons. The van der Waals surface area contributed by atoms with Crippen LogP contribution in [0.1, 0.15) is 53.9 Å². The van der Waals surface area contributed by atoms with Crippen LogP contribution in [0.25, 0.3) is 0 Å². The molecule has 2 unspecified atom stereocenters. The third-order valence-corrected chi connectivity index (χ3v) is 6.50. The molecule has 1 nitrogen and oxygen atoms in total. The minimum atomic E-state index is -1.34. The molecular formula is C34H44F4O. The fourth-order valence-corrected chi connectivity index (χ4v) is 3.20. The fourth-order valence-electron chi connectivity index (χ4n) is 3.20. The molecule has 2 atom stereocenters. The van der Waals surface area contributed by atoms with Gasteiger partial charge in [-0.15, -0.1) is 0 Å². The zero-order valence-electron chi connectivity index (χ0n) is 24.2. The van der Waals surface area contributed by atoms with Gasteiger partial charge in [0.25, 0.3) is 0 Å². The summed E-state index contributed by atoms with van der Waals surface area (Å²) < 4.78 is 63.3. The van der Waals surface area contributed by atoms with Gasteiger partial charge in [-0.25, -0.2) is 13.2 Å². The molecule has 0 heterocycles. The van der Waals surface area contributed by atoms with Gasteiger partial charge in [-0.2, -0.15) is 4.39 Å². The predicted molar refractivity (Wildman–Crippen MR) is 159 cm³/mol. The molecule has 39 heavy (non-hydrogen) atoms. The van der Waals surface area contributed by atoms with Crippen molar-refractivity contribution in [3.8, 4) is 0 Å². The maximum atomic E-state index is 14.9. The molecule has 0 rings (SSSR count). The van der Waals surface area contributed by atoms with Crippen LogP contribution < -0.4 is 0 Å². The van der Waals surface area contributed by atoms with Gasteiger partial charge >= 0.3 is 0 Å². The number of hydrogen-bond acceptors (Lipinski definition) is 1. The molecule has 0 saturated carbocycles. The van der Waals surface area contributed by atoms with E-state index < -0.39 is 29.1 Å². The lowest BCUT2D eigenvalue weighted by atomic mass is 9.86. The smallest absolute Gasteiger partial charge is 0.200 e. The summed E-state index contributed by atoms with van der Waals surface area (Å²) >= 11 is 0. The quantitative estimate of drug-likeness (QED) is 0.0722. The molecule has 0 aromatic heterocycles. The average Bonchev–Trinajstić information content (AvgIpc) is 2.92. The van der Waals surface area contributed by atoms with Gasteiger partial charge < -0.3 is 4.74 Å². The Morgan fingerprint density at radius 3 is 1.62 bits per heavy atom. The van der Waals surface area contributed by atoms with E-state index in [0.29, 0.717) is 23.3 Å². The first-order valence-corrected chi connectivity index (χ1v) is 12.9. The van der Waals surface area contributed by atoms with Crippen molar-refractivity contribution in [2.24, 2.45) is 17.8 Å². The summed E-state index contributed by atoms with van der Waals surface area (Å²) in [5.41, 5.74) is -0.270. The third-order valence-electron chi connectivity index (χ3n) is 6.50. The van der Waals surface area contributed by atoms with Gasteiger partial charge in [0.15, 0.2) is 23.2 Å². The van der Waals surface area contributed by atoms with Gasteiger partial charge in [-0.3, -0.25) is 0 Å². The topological polar surface area (TPSA) is 9.23 Å². The molecule has 0 aliphatic rings. The van der Waals surface area contributed by atoms with E-state index >= 15 is 0 Å². The minimum absolute atomic E-state index is 0.00205. The minimum Gasteiger partial charge on any atom is -0.487 e. The molecule has 0 aliphatic carbocycles. The van der Waals surface area contributed by atoms with Gasteiger partial charge in [-0.1, -0.05) is 111 Å². The van der Waals surface area contributed by atoms with Crippen LogP contribution in [0.15, 0.2) is 133 Å². The summed E-state index contributed by atoms with van der Waals surface area (Å²) in [6, 6.07) is 0. The first-order valence-electron chi connectivity index (χ1n) is 12.9. The highest BCUT2D eigenvalue weighted by Crippen LogP contribution is 2.32. The Morgan fingerprint density at radius 1 is 0.692 bits per heavy atom. The van der Waals surface area contributed by atoms with Gasteiger partial charge in [0.1, 0.15) is 6.61 Å². The van der Waals surface area contributed by atoms with Gasteiger partial charge in [0.05, 0.1) is 0 Å². The molecule has 0 N–H and O–H groups in total. The highest BCUT2D eigenvalue weighted by molar-refractivity contribution is 5.55. The second-order valence-corrected chi connectivity index (χ2v) is 10.1. The second-order valence-electron chi connectivity index (χ2n) is 10.1. The van der Waals surface area contributed by atoms with Crippen LogP contribution in [0.3, 0.4) is 0 Å². The highest BCUT2D eigenvalue weighted by atomic mass is 19.2. The third kappa shape index (κ3) is 11.9. The van der Waals surface area contributed by atoms with Crippen LogP contribution in [-0.2, 0) is 4.74 Å². The largest absolute Gasteiger partial charge is 0.487 e. The second kappa shape index (κ2) is 17.3. The molecule has 0 fully saturated rings. The normalized spacial score (nSPS) is 14.8. The van der Waals surface area contributed by atoms with Crippen LogP contribution in [0.2, 0.25) is 0 Å². The molecule has 0 aliphatic heterocycles. The number of ether oxygens (including phenoxy) is 1. The Morgan fingerprint density at radius 2 is 1.15 bits per heavy atom. The monoisotopic (exact) mass is 544 g/mol. The molecule has 0 amide bonds. The molecule has 214 valence electrons. The van der Waals surface area contributed by atoms with Crippen LogP contribution in [0.4, 0.5) is 17.6 Å². The Bertz CT molecular complexity index is 1110. The van der Waals surface area contributed by atoms with Crippen molar-refractivity contribution in [2.45, 2.75) is 53.9 Å². The maximum absolute atomic E-state index is 14.9. The Kier molecular flexibility index (Phi) is 15.8. The first-order chi connectivity index (χ1) is 18.1. The molecule has 0 bridgehead atoms. The van der Waals surface area contributed by atoms with E-state index in [2.05, 4.69) is 73.7 Å². The fraction of sp³-hybridized carbons (Fsp3) is 0.353. The van der Waals surface area contributed by atoms with Crippen LogP contribution in [-0.4, -0.2) is 6.61 Å². The zero-order chi connectivity index (χ0) is 30.4. The summed E-state index contributed by atoms with van der Waals surface area (Å²) in [7, 11) is 0. The molecule has 5 heteroatoms. The van der Waals surface area contributed by atoms with Crippen molar-refractivity contribution in [3.63, 3.8) is 0 Å². The van der Waals surface area contributed by atoms with E-state index in [4.69, 9.17) is 4.74 Å². The van der Waals surface area contributed by atoms with Gasteiger partial charge in [0.2, 0.25) is 5.83 Å². The number of allylic oxidation sites excluding steroid dienone is 13. The van der Waals surface area contributed by atoms with Crippen LogP contribution >= 0.6 is 0 Å². The van der Waals surface area contributed by atoms with Crippen molar-refractivity contribution in [1.29, 1.82) is 0 Å². The van der Waals surface area contributed by atoms with E-state index in [1.165, 1.54) is 18.2 Å². The van der Waals surface area contributed by atoms with Crippen LogP contribution in [0.5, 0.6) is 0 Å². The number of halogens is 4. The first kappa shape index (κ1) is 35.7. The lowest BCUT2D eigenvalue weighted by molar-refractivity contribution is 0.241. The predicted octanol–water partition coefficient (Wildman–Crippen LogP) is 11.4. The van der Waals surface area contributed by atoms with Crippen molar-refractivity contribution >= 4 is 0 Å². The zero-order valence-corrected chi connectivity index (χ0v) is 24.2. The summed E-state index contributed by atoms with van der Waals surface area (Å²) in [5.74, 6) is -3.99. The van der Waals surface area contributed by atoms with E-state index in [1.54, 1.807) is 6.92 Å². The molecular weight excluding hydrogens is 500 g/mol. The summed E-state index contributed by atoms with van der Waals surface area (Å²) in [5, 5.41) is 0. The Labute approximate surface area is 233 Å². The van der Waals surface area contributed by atoms with Crippen molar-refractivity contribution < 1.29 is 22.3 Å². The highest BCUT2D eigenvalue weighted by Gasteiger charge is 2.18. The molecule has 0 spiro atoms. The van der Waals surface area contributed by atoms with Crippen molar-refractivity contribution in [1.82, 2.24) is 0 Å². The Balaban J connectivity index is 5.41. The molecule has 0 saturated heterocycles. The van der Waals surface area contributed by atoms with Gasteiger partial charge in [0, 0.05) is 16.7 Å². The maximum Gasteiger partial charge on any atom is 0.200 e. The lowest BCUT2D eigenvalue weighted by Crippen LogP contribution is -2.08. The SMILES string of the molecule is C=CCOC(=C)/C(F)=C(/F)C(=C)C(=C)/C=C\C(=C)C(=C)/C(F)=C(/F)C(=C)/C(C)=C/CC(C)C(C)CCC(C)C. The summed E-state index contributed by atoms with van der Waals surface area (Å²) in [6.45, 7) is 35.1. The standard InChI is InChI=1S/C34H44F4O/c1-13-20-39-30(12)34(38)33(37)29(11)26(8)19-18-25(7)28(10)32(36)31(35)27(9)24(6)17-16-23(5)22(4)15-14-21(2)3/h13,17-19,21-23H,1,7-12,14-16,20H2,2-6H3/b19-18-,24-17+,32-31-,34-33-. The average molecular weight is 545 g/mol. The molecule has 0 aromatic rings. The van der Waals surface area contributed by atoms with Crippen LogP contribution in [0, 0.1) is 17.8 Å². The Hall–Kier alpha value is -3.34. The summed E-state index contributed by atoms with van der Waals surface area (Å²) in [4.78, 5) is 0. The van der Waals surface area contributed by atoms with Crippen molar-refractivity contribution in [2.75, 3.05) is 6.61 Å². The number of hydrogen-bond donors (Lipinski definition) is 0. The van der Waals surface area contributed by atoms with Crippen molar-refractivity contribution in [3.05, 3.63) is 133 Å². The van der Waals surface area contributed by atoms with E-state index in [9.17, 15) is 17.6 Å². The number of rotatable bonds is 18. The summed E-state index contributed by atoms with van der Waals surface area (Å²) in [6.07, 6.45) is 8.70. The van der Waals surface area contributed by atoms with E-state index in [0.717, 1.165) is 19.3 Å². The molecule has 0 aromatic carbocycles. The van der Waals surface area contributed by atoms with E-state index in [-0.39, 0.29) is 34.5 Å². The lowest BCUT2D eigenvalue weighted by Gasteiger charge is -2.20. The van der Waals surface area contributed by atoms with E-state index in [1.807, 2.05) is 6.08 Å². The van der Waals surface area contributed by atoms with Gasteiger partial charge in [-0.05, 0) is 47.8 Å².